The molecule has 4 heterocycles. The first kappa shape index (κ1) is 30.1. The second-order valence-corrected chi connectivity index (χ2v) is 15.4. The second-order valence-electron chi connectivity index (χ2n) is 14.4. The number of thiazole rings is 1. The summed E-state index contributed by atoms with van der Waals surface area (Å²) in [6.07, 6.45) is 14.7. The lowest BCUT2D eigenvalue weighted by atomic mass is 9.58. The van der Waals surface area contributed by atoms with Gasteiger partial charge in [0.1, 0.15) is 11.4 Å². The number of hydrogen-bond acceptors (Lipinski definition) is 7. The standard InChI is InChI=1S/C38H37N7O3S/c1-22-28(19-40-45(22)21-38-16-23-10-11-24(17-38)15-25(14-23)18-38)26-12-13-44-32(20-39-34(44)33(26)36(47)48)41-29-7-3-2-6-27(29)35(46)43-37-42-30-8-4-5-9-31(30)49-37/h2-9,12-13,19-20,23-25,41H,10-11,14-18,21H2,1H3,(H,47,48)(H,42,43,46). The number of carboxylic acids is 1. The third-order valence-corrected chi connectivity index (χ3v) is 12.2. The Labute approximate surface area is 287 Å². The number of carboxylic acid groups (broad SMARTS) is 1. The van der Waals surface area contributed by atoms with Crippen LogP contribution in [0.4, 0.5) is 16.6 Å². The van der Waals surface area contributed by atoms with E-state index in [1.807, 2.05) is 54.9 Å². The Kier molecular flexibility index (Phi) is 7.08. The van der Waals surface area contributed by atoms with Crippen LogP contribution in [-0.2, 0) is 6.54 Å². The fourth-order valence-corrected chi connectivity index (χ4v) is 10.2. The minimum atomic E-state index is -1.06. The molecule has 4 aliphatic carbocycles. The molecule has 6 aromatic rings. The van der Waals surface area contributed by atoms with Gasteiger partial charge in [-0.3, -0.25) is 19.2 Å². The van der Waals surface area contributed by atoms with Crippen molar-refractivity contribution in [2.45, 2.75) is 58.4 Å². The Morgan fingerprint density at radius 3 is 2.51 bits per heavy atom. The molecule has 1 amide bonds. The Bertz CT molecular complexity index is 2220. The van der Waals surface area contributed by atoms with E-state index in [1.54, 1.807) is 22.7 Å². The molecule has 4 fully saturated rings. The highest BCUT2D eigenvalue weighted by Crippen LogP contribution is 2.58. The molecule has 248 valence electrons. The van der Waals surface area contributed by atoms with E-state index in [-0.39, 0.29) is 11.5 Å². The Balaban J connectivity index is 1.01. The first-order chi connectivity index (χ1) is 23.8. The minimum Gasteiger partial charge on any atom is -0.478 e. The monoisotopic (exact) mass is 671 g/mol. The maximum absolute atomic E-state index is 13.4. The molecule has 49 heavy (non-hydrogen) atoms. The van der Waals surface area contributed by atoms with Gasteiger partial charge in [0.25, 0.3) is 5.91 Å². The predicted octanol–water partition coefficient (Wildman–Crippen LogP) is 8.42. The number of carbonyl (C=O) groups excluding carboxylic acids is 1. The van der Waals surface area contributed by atoms with Gasteiger partial charge in [0.05, 0.1) is 33.9 Å². The van der Waals surface area contributed by atoms with Crippen molar-refractivity contribution < 1.29 is 14.7 Å². The maximum atomic E-state index is 13.4. The van der Waals surface area contributed by atoms with Crippen molar-refractivity contribution in [2.24, 2.45) is 23.2 Å². The first-order valence-electron chi connectivity index (χ1n) is 17.1. The maximum Gasteiger partial charge on any atom is 0.340 e. The number of hydrogen-bond donors (Lipinski definition) is 3. The number of para-hydroxylation sites is 2. The van der Waals surface area contributed by atoms with Gasteiger partial charge in [-0.05, 0) is 92.5 Å². The molecule has 0 saturated heterocycles. The first-order valence-corrected chi connectivity index (χ1v) is 17.9. The molecule has 4 saturated carbocycles. The van der Waals surface area contributed by atoms with Crippen LogP contribution in [0.1, 0.15) is 71.4 Å². The lowest BCUT2D eigenvalue weighted by Gasteiger charge is -2.48. The van der Waals surface area contributed by atoms with E-state index in [1.165, 1.54) is 56.3 Å². The topological polar surface area (TPSA) is 126 Å². The highest BCUT2D eigenvalue weighted by molar-refractivity contribution is 7.22. The molecule has 0 radical (unpaired) electrons. The lowest BCUT2D eigenvalue weighted by molar-refractivity contribution is 0.0169. The largest absolute Gasteiger partial charge is 0.478 e. The molecule has 4 aliphatic rings. The predicted molar refractivity (Wildman–Crippen MR) is 191 cm³/mol. The molecule has 2 aromatic carbocycles. The number of nitrogens with zero attached hydrogens (tertiary/aromatic N) is 5. The van der Waals surface area contributed by atoms with E-state index in [9.17, 15) is 14.7 Å². The molecule has 0 aliphatic heterocycles. The molecule has 10 nitrogen and oxygen atoms in total. The highest BCUT2D eigenvalue weighted by Gasteiger charge is 2.48. The summed E-state index contributed by atoms with van der Waals surface area (Å²) in [6.45, 7) is 2.96. The van der Waals surface area contributed by atoms with Gasteiger partial charge in [-0.1, -0.05) is 48.4 Å². The SMILES string of the molecule is Cc1c(-c2ccn3c(Nc4ccccc4C(=O)Nc4nc5ccccc5s4)cnc3c2C(=O)O)cnn1CC12CC3CCC(CC(C3)C1)C2. The zero-order chi connectivity index (χ0) is 33.3. The Morgan fingerprint density at radius 1 is 0.959 bits per heavy atom. The summed E-state index contributed by atoms with van der Waals surface area (Å²) in [5, 5.41) is 22.1. The molecule has 10 rings (SSSR count). The van der Waals surface area contributed by atoms with Crippen LogP contribution in [0.3, 0.4) is 0 Å². The summed E-state index contributed by atoms with van der Waals surface area (Å²) >= 11 is 1.41. The van der Waals surface area contributed by atoms with Gasteiger partial charge in [0, 0.05) is 29.6 Å². The molecular weight excluding hydrogens is 635 g/mol. The van der Waals surface area contributed by atoms with E-state index >= 15 is 0 Å². The van der Waals surface area contributed by atoms with E-state index in [0.717, 1.165) is 45.8 Å². The van der Waals surface area contributed by atoms with E-state index in [0.29, 0.717) is 38.8 Å². The van der Waals surface area contributed by atoms with E-state index in [2.05, 4.69) is 32.2 Å². The quantitative estimate of drug-likeness (QED) is 0.148. The van der Waals surface area contributed by atoms with E-state index in [4.69, 9.17) is 5.10 Å². The molecule has 3 N–H and O–H groups in total. The molecule has 4 aromatic heterocycles. The number of imidazole rings is 1. The van der Waals surface area contributed by atoms with Gasteiger partial charge in [-0.15, -0.1) is 0 Å². The number of nitrogens with one attached hydrogen (secondary N) is 2. The Morgan fingerprint density at radius 2 is 1.71 bits per heavy atom. The third-order valence-electron chi connectivity index (χ3n) is 11.2. The number of fused-ring (bicyclic) bond motifs is 3. The van der Waals surface area contributed by atoms with Crippen LogP contribution < -0.4 is 10.6 Å². The highest BCUT2D eigenvalue weighted by atomic mass is 32.1. The van der Waals surface area contributed by atoms with Crippen molar-refractivity contribution in [3.63, 3.8) is 0 Å². The molecule has 4 bridgehead atoms. The number of amides is 1. The summed E-state index contributed by atoms with van der Waals surface area (Å²) in [6, 6.07) is 16.8. The summed E-state index contributed by atoms with van der Waals surface area (Å²) in [4.78, 5) is 35.4. The van der Waals surface area contributed by atoms with Crippen molar-refractivity contribution in [2.75, 3.05) is 10.6 Å². The van der Waals surface area contributed by atoms with Crippen LogP contribution in [0.5, 0.6) is 0 Å². The van der Waals surface area contributed by atoms with Crippen molar-refractivity contribution in [1.82, 2.24) is 24.1 Å². The molecule has 0 spiro atoms. The number of anilines is 3. The zero-order valence-electron chi connectivity index (χ0n) is 27.2. The van der Waals surface area contributed by atoms with Gasteiger partial charge < -0.3 is 10.4 Å². The average Bonchev–Trinajstić information content (AvgIpc) is 3.74. The molecule has 2 unspecified atom stereocenters. The summed E-state index contributed by atoms with van der Waals surface area (Å²) < 4.78 is 4.84. The van der Waals surface area contributed by atoms with Crippen LogP contribution in [0.15, 0.2) is 73.2 Å². The van der Waals surface area contributed by atoms with Crippen LogP contribution in [0, 0.1) is 30.1 Å². The number of carbonyl (C=O) groups is 2. The number of benzene rings is 2. The van der Waals surface area contributed by atoms with Gasteiger partial charge in [-0.2, -0.15) is 5.10 Å². The molecular formula is C38H37N7O3S. The summed E-state index contributed by atoms with van der Waals surface area (Å²) in [7, 11) is 0. The van der Waals surface area contributed by atoms with Gasteiger partial charge in [0.15, 0.2) is 10.8 Å². The Hall–Kier alpha value is -5.03. The average molecular weight is 672 g/mol. The van der Waals surface area contributed by atoms with E-state index < -0.39 is 5.97 Å². The molecule has 11 heteroatoms. The second kappa shape index (κ2) is 11.5. The van der Waals surface area contributed by atoms with Gasteiger partial charge >= 0.3 is 5.97 Å². The van der Waals surface area contributed by atoms with Crippen LogP contribution >= 0.6 is 11.3 Å². The van der Waals surface area contributed by atoms with Crippen molar-refractivity contribution >= 4 is 55.7 Å². The van der Waals surface area contributed by atoms with Gasteiger partial charge in [0.2, 0.25) is 0 Å². The number of aromatic nitrogens is 5. The van der Waals surface area contributed by atoms with Crippen molar-refractivity contribution in [3.05, 3.63) is 90.0 Å². The summed E-state index contributed by atoms with van der Waals surface area (Å²) in [5.41, 5.74) is 4.93. The van der Waals surface area contributed by atoms with Gasteiger partial charge in [-0.25, -0.2) is 14.8 Å². The normalized spacial score (nSPS) is 22.8. The fraction of sp³-hybridized carbons (Fsp3) is 0.342. The van der Waals surface area contributed by atoms with Crippen LogP contribution in [0.25, 0.3) is 27.0 Å². The number of pyridine rings is 1. The third kappa shape index (κ3) is 5.27. The minimum absolute atomic E-state index is 0.117. The van der Waals surface area contributed by atoms with Crippen LogP contribution in [-0.4, -0.2) is 41.1 Å². The van der Waals surface area contributed by atoms with Crippen LogP contribution in [0.2, 0.25) is 0 Å². The summed E-state index contributed by atoms with van der Waals surface area (Å²) in [5.74, 6) is 1.70. The number of aromatic carboxylic acids is 1. The molecule has 2 atom stereocenters. The lowest BCUT2D eigenvalue weighted by Crippen LogP contribution is -2.40. The van der Waals surface area contributed by atoms with Crippen molar-refractivity contribution in [1.29, 1.82) is 0 Å². The number of rotatable bonds is 8. The zero-order valence-corrected chi connectivity index (χ0v) is 28.0. The van der Waals surface area contributed by atoms with Crippen molar-refractivity contribution in [3.8, 4) is 11.1 Å². The smallest absolute Gasteiger partial charge is 0.340 e. The fourth-order valence-electron chi connectivity index (χ4n) is 9.35.